The summed E-state index contributed by atoms with van der Waals surface area (Å²) in [7, 11) is 0. The van der Waals surface area contributed by atoms with Crippen molar-refractivity contribution in [1.82, 2.24) is 9.97 Å². The van der Waals surface area contributed by atoms with Gasteiger partial charge in [0, 0.05) is 18.7 Å². The van der Waals surface area contributed by atoms with Crippen LogP contribution >= 0.6 is 0 Å². The Kier molecular flexibility index (Phi) is 4.06. The van der Waals surface area contributed by atoms with Crippen molar-refractivity contribution in [3.63, 3.8) is 0 Å². The van der Waals surface area contributed by atoms with Crippen LogP contribution in [0.3, 0.4) is 0 Å². The van der Waals surface area contributed by atoms with Crippen LogP contribution in [0, 0.1) is 19.7 Å². The number of hydrogen-bond donors (Lipinski definition) is 2. The summed E-state index contributed by atoms with van der Waals surface area (Å²) >= 11 is 0. The van der Waals surface area contributed by atoms with Crippen LogP contribution in [0.1, 0.15) is 11.4 Å². The molecule has 100 valence electrons. The van der Waals surface area contributed by atoms with Gasteiger partial charge in [-0.25, -0.2) is 14.4 Å². The van der Waals surface area contributed by atoms with E-state index in [-0.39, 0.29) is 5.82 Å². The summed E-state index contributed by atoms with van der Waals surface area (Å²) in [5.74, 6) is 0.340. The van der Waals surface area contributed by atoms with Crippen LogP contribution in [0.15, 0.2) is 24.3 Å². The second-order valence-electron chi connectivity index (χ2n) is 4.32. The number of nitrogens with one attached hydrogen (secondary N) is 1. The first kappa shape index (κ1) is 13.4. The molecule has 1 aromatic heterocycles. The predicted molar refractivity (Wildman–Crippen MR) is 74.4 cm³/mol. The second kappa shape index (κ2) is 5.75. The van der Waals surface area contributed by atoms with E-state index in [0.717, 1.165) is 22.6 Å². The lowest BCUT2D eigenvalue weighted by Gasteiger charge is -2.12. The minimum atomic E-state index is -0.265. The van der Waals surface area contributed by atoms with Crippen molar-refractivity contribution in [3.8, 4) is 11.4 Å². The fraction of sp³-hybridized carbons (Fsp3) is 0.286. The van der Waals surface area contributed by atoms with Gasteiger partial charge in [-0.1, -0.05) is 0 Å². The molecule has 0 aliphatic carbocycles. The number of aryl methyl sites for hydroxylation is 2. The van der Waals surface area contributed by atoms with Crippen LogP contribution in [0.2, 0.25) is 0 Å². The van der Waals surface area contributed by atoms with Crippen molar-refractivity contribution in [2.24, 2.45) is 5.73 Å². The minimum Gasteiger partial charge on any atom is -0.381 e. The highest BCUT2D eigenvalue weighted by Crippen LogP contribution is 2.22. The van der Waals surface area contributed by atoms with Gasteiger partial charge in [-0.3, -0.25) is 0 Å². The Labute approximate surface area is 111 Å². The van der Waals surface area contributed by atoms with E-state index in [4.69, 9.17) is 5.73 Å². The summed E-state index contributed by atoms with van der Waals surface area (Å²) in [6.07, 6.45) is 0. The normalized spacial score (nSPS) is 10.5. The summed E-state index contributed by atoms with van der Waals surface area (Å²) < 4.78 is 12.9. The Morgan fingerprint density at radius 2 is 1.68 bits per heavy atom. The molecule has 0 atom stereocenters. The molecule has 0 spiro atoms. The summed E-state index contributed by atoms with van der Waals surface area (Å²) in [5.41, 5.74) is 8.91. The van der Waals surface area contributed by atoms with E-state index in [1.165, 1.54) is 12.1 Å². The maximum atomic E-state index is 12.9. The molecule has 0 fully saturated rings. The molecule has 0 amide bonds. The lowest BCUT2D eigenvalue weighted by Crippen LogP contribution is -2.15. The van der Waals surface area contributed by atoms with Crippen LogP contribution in [0.4, 0.5) is 10.1 Å². The minimum absolute atomic E-state index is 0.265. The van der Waals surface area contributed by atoms with Crippen molar-refractivity contribution in [3.05, 3.63) is 41.5 Å². The van der Waals surface area contributed by atoms with Crippen LogP contribution in [0.25, 0.3) is 11.4 Å². The van der Waals surface area contributed by atoms with E-state index in [9.17, 15) is 4.39 Å². The second-order valence-corrected chi connectivity index (χ2v) is 4.32. The summed E-state index contributed by atoms with van der Waals surface area (Å²) in [4.78, 5) is 8.90. The Morgan fingerprint density at radius 1 is 1.11 bits per heavy atom. The van der Waals surface area contributed by atoms with E-state index >= 15 is 0 Å². The molecule has 4 nitrogen and oxygen atoms in total. The molecule has 19 heavy (non-hydrogen) atoms. The van der Waals surface area contributed by atoms with Gasteiger partial charge >= 0.3 is 0 Å². The molecule has 0 aliphatic rings. The molecule has 0 aliphatic heterocycles. The molecule has 2 rings (SSSR count). The fourth-order valence-electron chi connectivity index (χ4n) is 1.90. The molecule has 0 saturated carbocycles. The topological polar surface area (TPSA) is 63.8 Å². The molecule has 0 unspecified atom stereocenters. The van der Waals surface area contributed by atoms with Crippen LogP contribution < -0.4 is 11.1 Å². The van der Waals surface area contributed by atoms with Gasteiger partial charge in [0.05, 0.1) is 17.1 Å². The van der Waals surface area contributed by atoms with Gasteiger partial charge < -0.3 is 11.1 Å². The van der Waals surface area contributed by atoms with Gasteiger partial charge in [0.1, 0.15) is 5.82 Å². The third-order valence-electron chi connectivity index (χ3n) is 2.82. The standard InChI is InChI=1S/C14H17FN4/c1-9-13(17-8-7-16)10(2)19-14(18-9)11-3-5-12(15)6-4-11/h3-6,17H,7-8,16H2,1-2H3. The molecule has 0 radical (unpaired) electrons. The molecule has 3 N–H and O–H groups in total. The fourth-order valence-corrected chi connectivity index (χ4v) is 1.90. The van der Waals surface area contributed by atoms with Crippen LogP contribution in [0.5, 0.6) is 0 Å². The maximum Gasteiger partial charge on any atom is 0.159 e. The van der Waals surface area contributed by atoms with Gasteiger partial charge in [0.25, 0.3) is 0 Å². The zero-order chi connectivity index (χ0) is 13.8. The predicted octanol–water partition coefficient (Wildman–Crippen LogP) is 2.27. The van der Waals surface area contributed by atoms with Gasteiger partial charge in [-0.15, -0.1) is 0 Å². The van der Waals surface area contributed by atoms with Crippen molar-refractivity contribution in [2.75, 3.05) is 18.4 Å². The van der Waals surface area contributed by atoms with E-state index in [1.807, 2.05) is 13.8 Å². The lowest BCUT2D eigenvalue weighted by molar-refractivity contribution is 0.628. The van der Waals surface area contributed by atoms with Crippen molar-refractivity contribution in [1.29, 1.82) is 0 Å². The molecule has 1 heterocycles. The van der Waals surface area contributed by atoms with E-state index in [2.05, 4.69) is 15.3 Å². The average molecular weight is 260 g/mol. The number of anilines is 1. The number of nitrogens with two attached hydrogens (primary N) is 1. The molecule has 5 heteroatoms. The lowest BCUT2D eigenvalue weighted by atomic mass is 10.2. The maximum absolute atomic E-state index is 12.9. The van der Waals surface area contributed by atoms with E-state index in [0.29, 0.717) is 18.9 Å². The molecule has 1 aromatic carbocycles. The monoisotopic (exact) mass is 260 g/mol. The molecule has 0 bridgehead atoms. The third-order valence-corrected chi connectivity index (χ3v) is 2.82. The average Bonchev–Trinajstić information content (AvgIpc) is 2.38. The zero-order valence-corrected chi connectivity index (χ0v) is 11.1. The van der Waals surface area contributed by atoms with Crippen LogP contribution in [-0.4, -0.2) is 23.1 Å². The number of rotatable bonds is 4. The third kappa shape index (κ3) is 3.06. The first-order chi connectivity index (χ1) is 9.11. The van der Waals surface area contributed by atoms with E-state index in [1.54, 1.807) is 12.1 Å². The highest BCUT2D eigenvalue weighted by atomic mass is 19.1. The summed E-state index contributed by atoms with van der Waals surface area (Å²) in [5, 5.41) is 3.21. The largest absolute Gasteiger partial charge is 0.381 e. The van der Waals surface area contributed by atoms with Gasteiger partial charge in [-0.05, 0) is 38.1 Å². The Hall–Kier alpha value is -2.01. The number of nitrogens with zero attached hydrogens (tertiary/aromatic N) is 2. The molecule has 2 aromatic rings. The van der Waals surface area contributed by atoms with Gasteiger partial charge in [-0.2, -0.15) is 0 Å². The number of halogens is 1. The first-order valence-corrected chi connectivity index (χ1v) is 6.17. The number of aromatic nitrogens is 2. The number of benzene rings is 1. The summed E-state index contributed by atoms with van der Waals surface area (Å²) in [6, 6.07) is 6.17. The van der Waals surface area contributed by atoms with E-state index < -0.39 is 0 Å². The van der Waals surface area contributed by atoms with Crippen molar-refractivity contribution in [2.45, 2.75) is 13.8 Å². The van der Waals surface area contributed by atoms with Crippen molar-refractivity contribution >= 4 is 5.69 Å². The highest BCUT2D eigenvalue weighted by Gasteiger charge is 2.09. The smallest absolute Gasteiger partial charge is 0.159 e. The highest BCUT2D eigenvalue weighted by molar-refractivity contribution is 5.60. The zero-order valence-electron chi connectivity index (χ0n) is 11.1. The quantitative estimate of drug-likeness (QED) is 0.885. The molecular formula is C14H17FN4. The van der Waals surface area contributed by atoms with Crippen LogP contribution in [-0.2, 0) is 0 Å². The molecule has 0 saturated heterocycles. The Bertz CT molecular complexity index is 543. The first-order valence-electron chi connectivity index (χ1n) is 6.17. The Balaban J connectivity index is 2.36. The Morgan fingerprint density at radius 3 is 2.21 bits per heavy atom. The van der Waals surface area contributed by atoms with Gasteiger partial charge in [0.15, 0.2) is 5.82 Å². The van der Waals surface area contributed by atoms with Crippen molar-refractivity contribution < 1.29 is 4.39 Å². The molecular weight excluding hydrogens is 243 g/mol. The van der Waals surface area contributed by atoms with Gasteiger partial charge in [0.2, 0.25) is 0 Å². The summed E-state index contributed by atoms with van der Waals surface area (Å²) in [6.45, 7) is 5.07. The SMILES string of the molecule is Cc1nc(-c2ccc(F)cc2)nc(C)c1NCCN. The number of hydrogen-bond acceptors (Lipinski definition) is 4.